The minimum absolute atomic E-state index is 0.0846. The highest BCUT2D eigenvalue weighted by Gasteiger charge is 2.15. The Morgan fingerprint density at radius 3 is 1.09 bits per heavy atom. The van der Waals surface area contributed by atoms with Crippen LogP contribution in [0.5, 0.6) is 0 Å². The van der Waals surface area contributed by atoms with E-state index in [0.29, 0.717) is 98.2 Å². The Hall–Kier alpha value is -10.1. The summed E-state index contributed by atoms with van der Waals surface area (Å²) in [4.78, 5) is 0. The normalized spacial score (nSPS) is 10.9. The van der Waals surface area contributed by atoms with Gasteiger partial charge >= 0.3 is 0 Å². The molecule has 0 radical (unpaired) electrons. The highest BCUT2D eigenvalue weighted by atomic mass is 19.2. The number of halogens is 14. The van der Waals surface area contributed by atoms with Crippen LogP contribution in [0, 0.1) is 178 Å². The van der Waals surface area contributed by atoms with Gasteiger partial charge in [-0.3, -0.25) is 0 Å². The van der Waals surface area contributed by atoms with Gasteiger partial charge in [0.15, 0.2) is 11.6 Å². The van der Waals surface area contributed by atoms with Gasteiger partial charge in [0.2, 0.25) is 0 Å². The van der Waals surface area contributed by atoms with Gasteiger partial charge in [-0.1, -0.05) is 113 Å². The third-order valence-corrected chi connectivity index (χ3v) is 16.6. The topological polar surface area (TPSA) is 0 Å². The molecule has 14 rings (SSSR count). The average molecular weight is 1350 g/mol. The van der Waals surface area contributed by atoms with Crippen molar-refractivity contribution in [2.75, 3.05) is 0 Å². The summed E-state index contributed by atoms with van der Waals surface area (Å²) in [7, 11) is 0. The van der Waals surface area contributed by atoms with Crippen LogP contribution in [0.2, 0.25) is 0 Å². The summed E-state index contributed by atoms with van der Waals surface area (Å²) in [5.74, 6) is -6.03. The summed E-state index contributed by atoms with van der Waals surface area (Å²) in [6, 6.07) is 45.4. The molecule has 14 aromatic carbocycles. The second-order valence-corrected chi connectivity index (χ2v) is 24.8. The summed E-state index contributed by atoms with van der Waals surface area (Å²) in [6.07, 6.45) is 0. The maximum Gasteiger partial charge on any atom is 0.166 e. The van der Waals surface area contributed by atoms with Crippen LogP contribution in [0.3, 0.4) is 0 Å². The number of hydrogen-bond acceptors (Lipinski definition) is 0. The summed E-state index contributed by atoms with van der Waals surface area (Å²) < 4.78 is 188. The Bertz CT molecular complexity index is 5230. The van der Waals surface area contributed by atoms with Crippen molar-refractivity contribution in [2.24, 2.45) is 0 Å². The van der Waals surface area contributed by atoms with Gasteiger partial charge in [0.1, 0.15) is 69.8 Å². The zero-order chi connectivity index (χ0) is 72.0. The van der Waals surface area contributed by atoms with Crippen LogP contribution in [0.1, 0.15) is 77.9 Å². The predicted molar refractivity (Wildman–Crippen MR) is 373 cm³/mol. The van der Waals surface area contributed by atoms with E-state index in [1.165, 1.54) is 49.4 Å². The Morgan fingerprint density at radius 1 is 0.163 bits per heavy atom. The van der Waals surface area contributed by atoms with Crippen LogP contribution in [-0.2, 0) is 0 Å². The predicted octanol–water partition coefficient (Wildman–Crippen LogP) is 26.1. The monoisotopic (exact) mass is 1340 g/mol. The highest BCUT2D eigenvalue weighted by molar-refractivity contribution is 5.89. The van der Waals surface area contributed by atoms with Crippen molar-refractivity contribution < 1.29 is 61.5 Å². The van der Waals surface area contributed by atoms with Crippen molar-refractivity contribution >= 4 is 75.4 Å². The first-order valence-electron chi connectivity index (χ1n) is 31.1. The second kappa shape index (κ2) is 31.0. The van der Waals surface area contributed by atoms with Gasteiger partial charge in [-0.05, 0) is 253 Å². The van der Waals surface area contributed by atoms with E-state index < -0.39 is 34.9 Å². The van der Waals surface area contributed by atoms with E-state index in [1.807, 2.05) is 39.8 Å². The molecule has 0 saturated carbocycles. The molecule has 0 aromatic heterocycles. The third-order valence-electron chi connectivity index (χ3n) is 16.6. The summed E-state index contributed by atoms with van der Waals surface area (Å²) >= 11 is 0. The van der Waals surface area contributed by atoms with Gasteiger partial charge in [0.25, 0.3) is 0 Å². The van der Waals surface area contributed by atoms with E-state index >= 15 is 0 Å². The fourth-order valence-electron chi connectivity index (χ4n) is 11.0. The molecule has 14 heteroatoms. The smallest absolute Gasteiger partial charge is 0.166 e. The molecule has 0 aliphatic rings. The Balaban J connectivity index is 0.000000146. The minimum Gasteiger partial charge on any atom is -0.207 e. The lowest BCUT2D eigenvalue weighted by Gasteiger charge is -2.05. The zero-order valence-corrected chi connectivity index (χ0v) is 56.5. The van der Waals surface area contributed by atoms with Crippen LogP contribution >= 0.6 is 0 Å². The van der Waals surface area contributed by atoms with Gasteiger partial charge in [0.05, 0.1) is 5.39 Å². The van der Waals surface area contributed by atoms with E-state index in [9.17, 15) is 61.5 Å². The minimum atomic E-state index is -0.747. The van der Waals surface area contributed by atoms with Gasteiger partial charge < -0.3 is 0 Å². The van der Waals surface area contributed by atoms with E-state index in [2.05, 4.69) is 0 Å². The zero-order valence-electron chi connectivity index (χ0n) is 56.5. The molecule has 0 unspecified atom stereocenters. The Morgan fingerprint density at radius 2 is 0.531 bits per heavy atom. The van der Waals surface area contributed by atoms with Gasteiger partial charge in [0, 0.05) is 48.7 Å². The van der Waals surface area contributed by atoms with E-state index in [-0.39, 0.29) is 57.5 Å². The first-order chi connectivity index (χ1) is 46.1. The lowest BCUT2D eigenvalue weighted by Crippen LogP contribution is -1.91. The molecule has 0 spiro atoms. The van der Waals surface area contributed by atoms with Crippen molar-refractivity contribution in [1.29, 1.82) is 0 Å². The van der Waals surface area contributed by atoms with Crippen LogP contribution in [-0.4, -0.2) is 0 Å². The van der Waals surface area contributed by atoms with E-state index in [1.54, 1.807) is 178 Å². The first kappa shape index (κ1) is 73.7. The molecule has 0 aliphatic heterocycles. The SMILES string of the molecule is Cc1cc(F)c2c(F)c(C)ccc2c1.Cc1cc(F)c2cc(C)c(F)cc2c1.Cc1cc2ccc(C)c(F)c2cc1F.Cc1ccc2c(F)c(C)c(F)cc2c1.Cc1ccc2c(F)c(C)cc(F)c2c1.Cc1ccc2c(F)c(C)cc(F)c2c1.Cc1ccc2cc(C)c(F)c(F)c2c1. The lowest BCUT2D eigenvalue weighted by atomic mass is 10.0. The summed E-state index contributed by atoms with van der Waals surface area (Å²) in [5, 5.41) is 6.52. The maximum absolute atomic E-state index is 13.6. The molecule has 0 N–H and O–H groups in total. The molecule has 504 valence electrons. The van der Waals surface area contributed by atoms with Crippen LogP contribution in [0.15, 0.2) is 170 Å². The molecule has 14 aromatic rings. The van der Waals surface area contributed by atoms with E-state index in [4.69, 9.17) is 0 Å². The quantitative estimate of drug-likeness (QED) is 0.133. The maximum atomic E-state index is 13.6. The molecule has 0 amide bonds. The Labute approximate surface area is 560 Å². The van der Waals surface area contributed by atoms with Gasteiger partial charge in [-0.2, -0.15) is 0 Å². The molecule has 0 bridgehead atoms. The van der Waals surface area contributed by atoms with Gasteiger partial charge in [-0.25, -0.2) is 61.5 Å². The average Bonchev–Trinajstić information content (AvgIpc) is 0.864. The fourth-order valence-corrected chi connectivity index (χ4v) is 11.0. The molecule has 0 heterocycles. The second-order valence-electron chi connectivity index (χ2n) is 24.8. The van der Waals surface area contributed by atoms with Crippen molar-refractivity contribution in [3.8, 4) is 0 Å². The number of aryl methyl sites for hydroxylation is 13. The van der Waals surface area contributed by atoms with Crippen molar-refractivity contribution in [2.45, 2.75) is 96.9 Å². The number of rotatable bonds is 0. The van der Waals surface area contributed by atoms with Crippen LogP contribution in [0.25, 0.3) is 75.4 Å². The lowest BCUT2D eigenvalue weighted by molar-refractivity contribution is 0.511. The summed E-state index contributed by atoms with van der Waals surface area (Å²) in [5.41, 5.74) is 8.55. The standard InChI is InChI=1S/7C12H10F2/c1-7-3-9-6-11(13)8(2)5-10(9)12(14)4-7;1-7-5-9-4-3-8(2)12(14)11(9)10(13)6-7;1-7-3-4-9-5-8(2)11(13)6-10(9)12(7)14;1-7-3-4-10-9(5-7)6-11(13)8(2)12(10)14;2*1-7-3-4-9-10(5-7)11(13)6-8(2)12(9)14;1-7-3-4-9-6-8(2)11(13)12(14)10(9)5-7/h7*3-6H,1-2H3. The van der Waals surface area contributed by atoms with Crippen molar-refractivity contribution in [3.63, 3.8) is 0 Å². The van der Waals surface area contributed by atoms with Crippen molar-refractivity contribution in [3.05, 3.63) is 329 Å². The van der Waals surface area contributed by atoms with Crippen LogP contribution in [0.4, 0.5) is 61.5 Å². The number of hydrogen-bond donors (Lipinski definition) is 0. The largest absolute Gasteiger partial charge is 0.207 e. The fraction of sp³-hybridized carbons (Fsp3) is 0.167. The molecule has 0 nitrogen and oxygen atoms in total. The molecule has 0 saturated heterocycles. The highest BCUT2D eigenvalue weighted by Crippen LogP contribution is 2.31. The van der Waals surface area contributed by atoms with Gasteiger partial charge in [-0.15, -0.1) is 0 Å². The van der Waals surface area contributed by atoms with Crippen molar-refractivity contribution in [1.82, 2.24) is 0 Å². The number of fused-ring (bicyclic) bond motifs is 7. The Kier molecular flexibility index (Phi) is 23.3. The summed E-state index contributed by atoms with van der Waals surface area (Å²) in [6.45, 7) is 23.8. The third kappa shape index (κ3) is 16.8. The molecule has 0 atom stereocenters. The molecular formula is C84H70F14. The molecule has 0 fully saturated rings. The van der Waals surface area contributed by atoms with E-state index in [0.717, 1.165) is 44.2 Å². The molecule has 0 aliphatic carbocycles. The number of benzene rings is 14. The molecule has 98 heavy (non-hydrogen) atoms. The molecular weight excluding hydrogens is 1270 g/mol. The van der Waals surface area contributed by atoms with Crippen LogP contribution < -0.4 is 0 Å². The first-order valence-corrected chi connectivity index (χ1v) is 31.1.